The third kappa shape index (κ3) is 4.98. The van der Waals surface area contributed by atoms with Crippen LogP contribution in [-0.4, -0.2) is 66.4 Å². The lowest BCUT2D eigenvalue weighted by Crippen LogP contribution is -2.47. The minimum Gasteiger partial charge on any atom is -0.454 e. The van der Waals surface area contributed by atoms with Gasteiger partial charge in [0.2, 0.25) is 6.79 Å². The second-order valence-corrected chi connectivity index (χ2v) is 9.76. The van der Waals surface area contributed by atoms with Crippen molar-refractivity contribution in [3.05, 3.63) is 63.7 Å². The Labute approximate surface area is 220 Å². The Bertz CT molecular complexity index is 1270. The van der Waals surface area contributed by atoms with Crippen LogP contribution in [0, 0.1) is 13.8 Å². The van der Waals surface area contributed by atoms with E-state index in [0.29, 0.717) is 28.0 Å². The van der Waals surface area contributed by atoms with Crippen molar-refractivity contribution in [3.63, 3.8) is 0 Å². The zero-order valence-electron chi connectivity index (χ0n) is 20.4. The van der Waals surface area contributed by atoms with E-state index in [9.17, 15) is 4.79 Å². The lowest BCUT2D eigenvalue weighted by atomic mass is 10.2. The third-order valence-electron chi connectivity index (χ3n) is 6.69. The summed E-state index contributed by atoms with van der Waals surface area (Å²) in [6.45, 7) is 9.19. The van der Waals surface area contributed by atoms with Crippen molar-refractivity contribution >= 4 is 34.8 Å². The Morgan fingerprint density at radius 2 is 1.83 bits per heavy atom. The van der Waals surface area contributed by atoms with Crippen molar-refractivity contribution in [2.45, 2.75) is 20.3 Å². The van der Waals surface area contributed by atoms with Gasteiger partial charge in [-0.3, -0.25) is 9.69 Å². The van der Waals surface area contributed by atoms with Crippen LogP contribution in [-0.2, 0) is 0 Å². The number of fused-ring (bicyclic) bond motifs is 1. The molecule has 2 aromatic carbocycles. The maximum atomic E-state index is 12.9. The normalized spacial score (nSPS) is 15.4. The summed E-state index contributed by atoms with van der Waals surface area (Å²) in [5.74, 6) is 2.01. The lowest BCUT2D eigenvalue weighted by molar-refractivity contribution is 0.0946. The molecule has 0 spiro atoms. The van der Waals surface area contributed by atoms with E-state index < -0.39 is 0 Å². The van der Waals surface area contributed by atoms with Gasteiger partial charge in [-0.05, 0) is 51.1 Å². The summed E-state index contributed by atoms with van der Waals surface area (Å²) in [6.07, 6.45) is 0.866. The summed E-state index contributed by atoms with van der Waals surface area (Å²) in [6, 6.07) is 11.5. The number of aryl methyl sites for hydroxylation is 1. The number of rotatable bonds is 7. The molecule has 10 heteroatoms. The molecule has 3 aromatic rings. The van der Waals surface area contributed by atoms with E-state index >= 15 is 0 Å². The van der Waals surface area contributed by atoms with Crippen LogP contribution in [0.5, 0.6) is 11.5 Å². The Balaban J connectivity index is 1.11. The molecule has 1 saturated heterocycles. The quantitative estimate of drug-likeness (QED) is 0.455. The summed E-state index contributed by atoms with van der Waals surface area (Å²) in [7, 11) is 0. The first-order valence-electron chi connectivity index (χ1n) is 12.1. The van der Waals surface area contributed by atoms with E-state index in [0.717, 1.165) is 67.8 Å². The maximum Gasteiger partial charge on any atom is 0.271 e. The third-order valence-corrected chi connectivity index (χ3v) is 7.49. The van der Waals surface area contributed by atoms with Gasteiger partial charge in [-0.15, -0.1) is 0 Å². The number of nitrogens with one attached hydrogen (secondary N) is 1. The predicted octanol–water partition coefficient (Wildman–Crippen LogP) is 4.47. The van der Waals surface area contributed by atoms with Crippen LogP contribution >= 0.6 is 23.2 Å². The number of carbonyl (C=O) groups excluding carboxylic acids is 1. The van der Waals surface area contributed by atoms with Crippen molar-refractivity contribution in [2.75, 3.05) is 51.0 Å². The summed E-state index contributed by atoms with van der Waals surface area (Å²) >= 11 is 12.5. The Morgan fingerprint density at radius 1 is 1.06 bits per heavy atom. The second kappa shape index (κ2) is 10.6. The first kappa shape index (κ1) is 24.7. The van der Waals surface area contributed by atoms with Crippen molar-refractivity contribution in [3.8, 4) is 17.2 Å². The fourth-order valence-electron chi connectivity index (χ4n) is 4.80. The molecule has 0 aliphatic carbocycles. The van der Waals surface area contributed by atoms with Gasteiger partial charge in [0, 0.05) is 38.8 Å². The molecule has 0 atom stereocenters. The molecule has 2 aliphatic heterocycles. The van der Waals surface area contributed by atoms with Gasteiger partial charge in [0.15, 0.2) is 11.5 Å². The molecule has 190 valence electrons. The summed E-state index contributed by atoms with van der Waals surface area (Å²) in [4.78, 5) is 22.1. The molecule has 3 heterocycles. The SMILES string of the molecule is Cc1nc(C(=O)NCCCN2CCN(c3cccc(Cl)c3Cl)CC2)c(C)n1-c1ccc2c(c1)OCO2. The largest absolute Gasteiger partial charge is 0.454 e. The van der Waals surface area contributed by atoms with Crippen LogP contribution in [0.25, 0.3) is 5.69 Å². The molecule has 1 fully saturated rings. The molecule has 1 aromatic heterocycles. The smallest absolute Gasteiger partial charge is 0.271 e. The molecule has 2 aliphatic rings. The molecule has 1 amide bonds. The van der Waals surface area contributed by atoms with E-state index in [-0.39, 0.29) is 12.7 Å². The van der Waals surface area contributed by atoms with Crippen molar-refractivity contribution in [1.82, 2.24) is 19.8 Å². The highest BCUT2D eigenvalue weighted by Crippen LogP contribution is 2.35. The molecule has 0 bridgehead atoms. The van der Waals surface area contributed by atoms with E-state index in [1.54, 1.807) is 0 Å². The fourth-order valence-corrected chi connectivity index (χ4v) is 5.21. The van der Waals surface area contributed by atoms with E-state index in [2.05, 4.69) is 20.1 Å². The standard InChI is InChI=1S/C26H29Cl2N5O3/c1-17-25(30-18(2)33(17)19-7-8-22-23(15-19)36-16-35-22)26(34)29-9-4-10-31-11-13-32(14-12-31)21-6-3-5-20(27)24(21)28/h3,5-8,15H,4,9-14,16H2,1-2H3,(H,29,34). The number of halogens is 2. The Kier molecular flexibility index (Phi) is 7.27. The zero-order chi connectivity index (χ0) is 25.2. The average molecular weight is 530 g/mol. The van der Waals surface area contributed by atoms with Crippen LogP contribution in [0.3, 0.4) is 0 Å². The summed E-state index contributed by atoms with van der Waals surface area (Å²) < 4.78 is 12.9. The van der Waals surface area contributed by atoms with Gasteiger partial charge in [0.1, 0.15) is 11.5 Å². The van der Waals surface area contributed by atoms with E-state index in [1.807, 2.05) is 54.8 Å². The molecule has 0 saturated carbocycles. The molecular weight excluding hydrogens is 501 g/mol. The van der Waals surface area contributed by atoms with Gasteiger partial charge in [-0.25, -0.2) is 4.98 Å². The van der Waals surface area contributed by atoms with Crippen molar-refractivity contribution in [1.29, 1.82) is 0 Å². The number of carbonyl (C=O) groups is 1. The van der Waals surface area contributed by atoms with Gasteiger partial charge in [0.05, 0.1) is 27.1 Å². The number of nitrogens with zero attached hydrogens (tertiary/aromatic N) is 4. The molecule has 0 radical (unpaired) electrons. The van der Waals surface area contributed by atoms with Crippen molar-refractivity contribution in [2.24, 2.45) is 0 Å². The monoisotopic (exact) mass is 529 g/mol. The maximum absolute atomic E-state index is 12.9. The number of benzene rings is 2. The molecule has 0 unspecified atom stereocenters. The number of aromatic nitrogens is 2. The number of imidazole rings is 1. The van der Waals surface area contributed by atoms with Crippen LogP contribution in [0.1, 0.15) is 28.4 Å². The minimum absolute atomic E-state index is 0.157. The first-order chi connectivity index (χ1) is 17.4. The molecule has 8 nitrogen and oxygen atoms in total. The number of ether oxygens (including phenoxy) is 2. The van der Waals surface area contributed by atoms with Crippen molar-refractivity contribution < 1.29 is 14.3 Å². The number of amides is 1. The van der Waals surface area contributed by atoms with Crippen LogP contribution in [0.15, 0.2) is 36.4 Å². The summed E-state index contributed by atoms with van der Waals surface area (Å²) in [5, 5.41) is 4.23. The highest BCUT2D eigenvalue weighted by molar-refractivity contribution is 6.43. The molecule has 5 rings (SSSR count). The van der Waals surface area contributed by atoms with Crippen LogP contribution in [0.2, 0.25) is 10.0 Å². The summed E-state index contributed by atoms with van der Waals surface area (Å²) in [5.41, 5.74) is 3.11. The van der Waals surface area contributed by atoms with E-state index in [1.165, 1.54) is 0 Å². The van der Waals surface area contributed by atoms with E-state index in [4.69, 9.17) is 32.7 Å². The average Bonchev–Trinajstić information content (AvgIpc) is 3.47. The van der Waals surface area contributed by atoms with Gasteiger partial charge >= 0.3 is 0 Å². The van der Waals surface area contributed by atoms with Crippen LogP contribution in [0.4, 0.5) is 5.69 Å². The minimum atomic E-state index is -0.157. The lowest BCUT2D eigenvalue weighted by Gasteiger charge is -2.36. The topological polar surface area (TPSA) is 71.9 Å². The van der Waals surface area contributed by atoms with Crippen LogP contribution < -0.4 is 19.7 Å². The molecule has 36 heavy (non-hydrogen) atoms. The van der Waals surface area contributed by atoms with Gasteiger partial charge < -0.3 is 24.3 Å². The van der Waals surface area contributed by atoms with Gasteiger partial charge in [-0.1, -0.05) is 29.3 Å². The Morgan fingerprint density at radius 3 is 2.64 bits per heavy atom. The first-order valence-corrected chi connectivity index (χ1v) is 12.8. The highest BCUT2D eigenvalue weighted by atomic mass is 35.5. The molecule has 1 N–H and O–H groups in total. The highest BCUT2D eigenvalue weighted by Gasteiger charge is 2.22. The predicted molar refractivity (Wildman–Crippen MR) is 141 cm³/mol. The molecular formula is C26H29Cl2N5O3. The number of hydrogen-bond donors (Lipinski definition) is 1. The number of anilines is 1. The van der Waals surface area contributed by atoms with Gasteiger partial charge in [-0.2, -0.15) is 0 Å². The zero-order valence-corrected chi connectivity index (χ0v) is 21.9. The number of hydrogen-bond acceptors (Lipinski definition) is 6. The second-order valence-electron chi connectivity index (χ2n) is 8.98. The number of piperazine rings is 1. The fraction of sp³-hybridized carbons (Fsp3) is 0.385. The Hall–Kier alpha value is -2.94. The van der Waals surface area contributed by atoms with Gasteiger partial charge in [0.25, 0.3) is 5.91 Å².